The van der Waals surface area contributed by atoms with Gasteiger partial charge in [-0.25, -0.2) is 4.39 Å². The molecule has 2 heterocycles. The molecule has 1 aromatic rings. The number of hydrogen-bond acceptors (Lipinski definition) is 2. The van der Waals surface area contributed by atoms with Crippen molar-refractivity contribution in [2.24, 2.45) is 5.92 Å². The molecule has 0 unspecified atom stereocenters. The highest BCUT2D eigenvalue weighted by atomic mass is 19.1. The van der Waals surface area contributed by atoms with Crippen molar-refractivity contribution in [3.63, 3.8) is 0 Å². The highest BCUT2D eigenvalue weighted by Gasteiger charge is 2.37. The van der Waals surface area contributed by atoms with Crippen molar-refractivity contribution < 1.29 is 14.0 Å². The Bertz CT molecular complexity index is 561. The third-order valence-corrected chi connectivity index (χ3v) is 4.79. The Kier molecular flexibility index (Phi) is 4.94. The van der Waals surface area contributed by atoms with Gasteiger partial charge in [-0.1, -0.05) is 12.1 Å². The highest BCUT2D eigenvalue weighted by molar-refractivity contribution is 5.84. The van der Waals surface area contributed by atoms with Gasteiger partial charge in [0.25, 0.3) is 0 Å². The fraction of sp³-hybridized carbons (Fsp3) is 0.556. The Morgan fingerprint density at radius 3 is 2.30 bits per heavy atom. The molecule has 124 valence electrons. The summed E-state index contributed by atoms with van der Waals surface area (Å²) in [5, 5.41) is 0. The molecule has 3 rings (SSSR count). The van der Waals surface area contributed by atoms with Gasteiger partial charge in [0.1, 0.15) is 5.82 Å². The Balaban J connectivity index is 1.40. The number of likely N-dealkylation sites (tertiary alicyclic amines) is 2. The number of carbonyl (C=O) groups excluding carboxylic acids is 2. The van der Waals surface area contributed by atoms with E-state index in [9.17, 15) is 14.0 Å². The van der Waals surface area contributed by atoms with Gasteiger partial charge in [-0.15, -0.1) is 0 Å². The van der Waals surface area contributed by atoms with Gasteiger partial charge in [0, 0.05) is 32.6 Å². The zero-order valence-corrected chi connectivity index (χ0v) is 13.3. The standard InChI is InChI=1S/C18H23FN2O2/c19-16-7-4-14(5-8-16)6-9-17(22)21-12-15(13-21)18(23)20-10-2-1-3-11-20/h4-5,7-8,15H,1-3,6,9-13H2. The van der Waals surface area contributed by atoms with Gasteiger partial charge in [0.15, 0.2) is 0 Å². The maximum Gasteiger partial charge on any atom is 0.229 e. The number of hydrogen-bond donors (Lipinski definition) is 0. The minimum Gasteiger partial charge on any atom is -0.342 e. The van der Waals surface area contributed by atoms with Crippen LogP contribution < -0.4 is 0 Å². The Morgan fingerprint density at radius 2 is 1.65 bits per heavy atom. The van der Waals surface area contributed by atoms with E-state index < -0.39 is 0 Å². The van der Waals surface area contributed by atoms with Crippen LogP contribution in [0.15, 0.2) is 24.3 Å². The third-order valence-electron chi connectivity index (χ3n) is 4.79. The first-order valence-electron chi connectivity index (χ1n) is 8.44. The molecule has 2 amide bonds. The van der Waals surface area contributed by atoms with Crippen LogP contribution in [0.2, 0.25) is 0 Å². The van der Waals surface area contributed by atoms with Crippen LogP contribution in [0.25, 0.3) is 0 Å². The van der Waals surface area contributed by atoms with Crippen LogP contribution >= 0.6 is 0 Å². The highest BCUT2D eigenvalue weighted by Crippen LogP contribution is 2.22. The summed E-state index contributed by atoms with van der Waals surface area (Å²) in [6, 6.07) is 6.25. The van der Waals surface area contributed by atoms with E-state index in [2.05, 4.69) is 0 Å². The van der Waals surface area contributed by atoms with E-state index in [0.29, 0.717) is 25.9 Å². The number of aryl methyl sites for hydroxylation is 1. The molecule has 0 radical (unpaired) electrons. The molecule has 0 bridgehead atoms. The summed E-state index contributed by atoms with van der Waals surface area (Å²) in [6.45, 7) is 2.84. The Labute approximate surface area is 136 Å². The maximum atomic E-state index is 12.8. The maximum absolute atomic E-state index is 12.8. The van der Waals surface area contributed by atoms with Crippen molar-refractivity contribution in [2.45, 2.75) is 32.1 Å². The lowest BCUT2D eigenvalue weighted by Gasteiger charge is -2.41. The normalized spacial score (nSPS) is 18.7. The van der Waals surface area contributed by atoms with Gasteiger partial charge >= 0.3 is 0 Å². The molecule has 2 saturated heterocycles. The second-order valence-electron chi connectivity index (χ2n) is 6.51. The number of piperidine rings is 1. The predicted molar refractivity (Wildman–Crippen MR) is 85.2 cm³/mol. The lowest BCUT2D eigenvalue weighted by molar-refractivity contribution is -0.149. The zero-order chi connectivity index (χ0) is 16.2. The van der Waals surface area contributed by atoms with Crippen molar-refractivity contribution in [1.82, 2.24) is 9.80 Å². The summed E-state index contributed by atoms with van der Waals surface area (Å²) >= 11 is 0. The van der Waals surface area contributed by atoms with Crippen LogP contribution in [0.4, 0.5) is 4.39 Å². The molecule has 2 aliphatic heterocycles. The van der Waals surface area contributed by atoms with Crippen LogP contribution in [0.3, 0.4) is 0 Å². The topological polar surface area (TPSA) is 40.6 Å². The quantitative estimate of drug-likeness (QED) is 0.854. The van der Waals surface area contributed by atoms with Gasteiger partial charge in [-0.05, 0) is 43.4 Å². The molecule has 2 fully saturated rings. The Morgan fingerprint density at radius 1 is 1.00 bits per heavy atom. The van der Waals surface area contributed by atoms with Gasteiger partial charge in [0.2, 0.25) is 11.8 Å². The van der Waals surface area contributed by atoms with Crippen LogP contribution in [0.1, 0.15) is 31.2 Å². The summed E-state index contributed by atoms with van der Waals surface area (Å²) in [7, 11) is 0. The average molecular weight is 318 g/mol. The summed E-state index contributed by atoms with van der Waals surface area (Å²) < 4.78 is 12.8. The van der Waals surface area contributed by atoms with E-state index in [0.717, 1.165) is 31.5 Å². The molecule has 0 atom stereocenters. The second-order valence-corrected chi connectivity index (χ2v) is 6.51. The molecule has 0 N–H and O–H groups in total. The van der Waals surface area contributed by atoms with Gasteiger partial charge < -0.3 is 9.80 Å². The fourth-order valence-electron chi connectivity index (χ4n) is 3.27. The molecule has 0 aliphatic carbocycles. The van der Waals surface area contributed by atoms with Gasteiger partial charge in [0.05, 0.1) is 5.92 Å². The van der Waals surface area contributed by atoms with Crippen LogP contribution in [-0.4, -0.2) is 47.8 Å². The smallest absolute Gasteiger partial charge is 0.229 e. The largest absolute Gasteiger partial charge is 0.342 e. The number of carbonyl (C=O) groups is 2. The molecule has 0 spiro atoms. The SMILES string of the molecule is O=C(CCc1ccc(F)cc1)N1CC(C(=O)N2CCCCC2)C1. The second kappa shape index (κ2) is 7.11. The Hall–Kier alpha value is -1.91. The first-order valence-corrected chi connectivity index (χ1v) is 8.44. The van der Waals surface area contributed by atoms with E-state index in [1.165, 1.54) is 18.6 Å². The first-order chi connectivity index (χ1) is 11.1. The van der Waals surface area contributed by atoms with Crippen molar-refractivity contribution >= 4 is 11.8 Å². The zero-order valence-electron chi connectivity index (χ0n) is 13.3. The fourth-order valence-corrected chi connectivity index (χ4v) is 3.27. The van der Waals surface area contributed by atoms with Crippen molar-refractivity contribution in [3.05, 3.63) is 35.6 Å². The summed E-state index contributed by atoms with van der Waals surface area (Å²) in [5.74, 6) is 0.0223. The van der Waals surface area contributed by atoms with Crippen LogP contribution in [0.5, 0.6) is 0 Å². The first kappa shape index (κ1) is 16.0. The number of nitrogens with zero attached hydrogens (tertiary/aromatic N) is 2. The lowest BCUT2D eigenvalue weighted by Crippen LogP contribution is -2.57. The molecule has 2 aliphatic rings. The average Bonchev–Trinajstić information content (AvgIpc) is 2.53. The summed E-state index contributed by atoms with van der Waals surface area (Å²) in [4.78, 5) is 28.2. The van der Waals surface area contributed by atoms with E-state index in [1.807, 2.05) is 4.90 Å². The molecule has 23 heavy (non-hydrogen) atoms. The lowest BCUT2D eigenvalue weighted by atomic mass is 9.96. The van der Waals surface area contributed by atoms with E-state index in [-0.39, 0.29) is 23.5 Å². The third kappa shape index (κ3) is 3.89. The van der Waals surface area contributed by atoms with Gasteiger partial charge in [-0.3, -0.25) is 9.59 Å². The van der Waals surface area contributed by atoms with E-state index in [1.54, 1.807) is 17.0 Å². The minimum atomic E-state index is -0.262. The monoisotopic (exact) mass is 318 g/mol. The van der Waals surface area contributed by atoms with Crippen LogP contribution in [-0.2, 0) is 16.0 Å². The molecular formula is C18H23FN2O2. The predicted octanol–water partition coefficient (Wildman–Crippen LogP) is 2.23. The van der Waals surface area contributed by atoms with Crippen molar-refractivity contribution in [3.8, 4) is 0 Å². The van der Waals surface area contributed by atoms with E-state index in [4.69, 9.17) is 0 Å². The number of benzene rings is 1. The number of amides is 2. The molecule has 0 saturated carbocycles. The minimum absolute atomic E-state index is 0.0112. The number of halogens is 1. The molecule has 4 nitrogen and oxygen atoms in total. The van der Waals surface area contributed by atoms with E-state index >= 15 is 0 Å². The molecule has 5 heteroatoms. The molecule has 0 aromatic heterocycles. The molecule has 1 aromatic carbocycles. The van der Waals surface area contributed by atoms with Crippen LogP contribution in [0, 0.1) is 11.7 Å². The summed E-state index contributed by atoms with van der Waals surface area (Å²) in [5.41, 5.74) is 0.959. The van der Waals surface area contributed by atoms with Crippen molar-refractivity contribution in [2.75, 3.05) is 26.2 Å². The molecular weight excluding hydrogens is 295 g/mol. The summed E-state index contributed by atoms with van der Waals surface area (Å²) in [6.07, 6.45) is 4.43. The van der Waals surface area contributed by atoms with Gasteiger partial charge in [-0.2, -0.15) is 0 Å². The van der Waals surface area contributed by atoms with Crippen molar-refractivity contribution in [1.29, 1.82) is 0 Å². The number of rotatable bonds is 4.